The Kier molecular flexibility index (Phi) is 8.15. The molecule has 1 amide bonds. The van der Waals surface area contributed by atoms with Gasteiger partial charge in [-0.1, -0.05) is 40.0 Å². The number of halogens is 2. The normalized spacial score (nSPS) is 15.6. The van der Waals surface area contributed by atoms with Crippen molar-refractivity contribution in [1.82, 2.24) is 9.97 Å². The van der Waals surface area contributed by atoms with Gasteiger partial charge in [0, 0.05) is 6.20 Å². The Morgan fingerprint density at radius 2 is 1.92 bits per heavy atom. The van der Waals surface area contributed by atoms with Crippen molar-refractivity contribution < 1.29 is 18.3 Å². The van der Waals surface area contributed by atoms with Gasteiger partial charge in [0.2, 0.25) is 5.95 Å². The van der Waals surface area contributed by atoms with Gasteiger partial charge in [0.25, 0.3) is 5.91 Å². The molecule has 6 nitrogen and oxygen atoms in total. The molecule has 1 aromatic rings. The highest BCUT2D eigenvalue weighted by Crippen LogP contribution is 2.22. The number of ether oxygens (including phenoxy) is 1. The van der Waals surface area contributed by atoms with Crippen molar-refractivity contribution in [2.75, 3.05) is 5.73 Å². The summed E-state index contributed by atoms with van der Waals surface area (Å²) in [5.74, 6) is -0.353. The molecule has 0 aromatic carbocycles. The van der Waals surface area contributed by atoms with Crippen molar-refractivity contribution >= 4 is 11.9 Å². The number of anilines is 1. The van der Waals surface area contributed by atoms with Gasteiger partial charge in [-0.05, 0) is 24.7 Å². The van der Waals surface area contributed by atoms with Crippen molar-refractivity contribution in [3.05, 3.63) is 17.5 Å². The number of nitrogen functional groups attached to an aromatic ring is 1. The molecule has 1 aliphatic carbocycles. The van der Waals surface area contributed by atoms with Crippen molar-refractivity contribution in [1.29, 1.82) is 0 Å². The highest BCUT2D eigenvalue weighted by molar-refractivity contribution is 5.93. The molecule has 1 fully saturated rings. The minimum atomic E-state index is -2.58. The first-order valence-electron chi connectivity index (χ1n) is 8.43. The van der Waals surface area contributed by atoms with Crippen molar-refractivity contribution in [2.24, 2.45) is 11.1 Å². The minimum Gasteiger partial charge on any atom is -0.368 e. The van der Waals surface area contributed by atoms with Crippen molar-refractivity contribution in [3.8, 4) is 0 Å². The van der Waals surface area contributed by atoms with Crippen LogP contribution in [0.15, 0.2) is 6.20 Å². The van der Waals surface area contributed by atoms with E-state index >= 15 is 0 Å². The van der Waals surface area contributed by atoms with E-state index in [1.54, 1.807) is 0 Å². The Balaban J connectivity index is 0.000000271. The molecule has 1 saturated carbocycles. The predicted octanol–water partition coefficient (Wildman–Crippen LogP) is 3.30. The second-order valence-electron chi connectivity index (χ2n) is 7.35. The first-order valence-corrected chi connectivity index (χ1v) is 8.43. The zero-order valence-electron chi connectivity index (χ0n) is 15.1. The molecule has 0 radical (unpaired) electrons. The summed E-state index contributed by atoms with van der Waals surface area (Å²) in [4.78, 5) is 18.9. The van der Waals surface area contributed by atoms with E-state index in [2.05, 4.69) is 35.5 Å². The molecule has 2 rings (SSSR count). The maximum atomic E-state index is 11.6. The van der Waals surface area contributed by atoms with Gasteiger partial charge in [-0.25, -0.2) is 9.97 Å². The van der Waals surface area contributed by atoms with Gasteiger partial charge < -0.3 is 16.2 Å². The topological polar surface area (TPSA) is 104 Å². The number of hydrogen-bond donors (Lipinski definition) is 2. The Morgan fingerprint density at radius 1 is 1.32 bits per heavy atom. The highest BCUT2D eigenvalue weighted by atomic mass is 19.3. The molecular weight excluding hydrogens is 330 g/mol. The molecule has 0 saturated heterocycles. The Hall–Kier alpha value is -1.83. The maximum Gasteiger partial charge on any atom is 0.345 e. The fourth-order valence-corrected chi connectivity index (χ4v) is 2.62. The molecule has 0 spiro atoms. The smallest absolute Gasteiger partial charge is 0.345 e. The first-order chi connectivity index (χ1) is 11.6. The summed E-state index contributed by atoms with van der Waals surface area (Å²) < 4.78 is 27.6. The van der Waals surface area contributed by atoms with Gasteiger partial charge in [0.15, 0.2) is 0 Å². The van der Waals surface area contributed by atoms with Crippen LogP contribution in [-0.4, -0.2) is 28.6 Å². The largest absolute Gasteiger partial charge is 0.368 e. The van der Waals surface area contributed by atoms with Crippen LogP contribution in [0.1, 0.15) is 68.9 Å². The summed E-state index contributed by atoms with van der Waals surface area (Å²) in [6.45, 7) is 3.57. The van der Waals surface area contributed by atoms with Crippen LogP contribution >= 0.6 is 0 Å². The molecule has 0 unspecified atom stereocenters. The van der Waals surface area contributed by atoms with E-state index in [4.69, 9.17) is 11.5 Å². The van der Waals surface area contributed by atoms with Gasteiger partial charge in [0.05, 0.1) is 17.4 Å². The van der Waals surface area contributed by atoms with Gasteiger partial charge in [-0.3, -0.25) is 4.79 Å². The lowest BCUT2D eigenvalue weighted by molar-refractivity contribution is -0.169. The summed E-state index contributed by atoms with van der Waals surface area (Å²) >= 11 is 0. The Labute approximate surface area is 147 Å². The monoisotopic (exact) mass is 358 g/mol. The summed E-state index contributed by atoms with van der Waals surface area (Å²) in [6.07, 6.45) is 6.71. The van der Waals surface area contributed by atoms with Crippen LogP contribution in [-0.2, 0) is 11.2 Å². The summed E-state index contributed by atoms with van der Waals surface area (Å²) in [5, 5.41) is 0. The zero-order chi connectivity index (χ0) is 19.0. The maximum absolute atomic E-state index is 11.6. The summed E-state index contributed by atoms with van der Waals surface area (Å²) in [7, 11) is 0. The van der Waals surface area contributed by atoms with E-state index in [1.807, 2.05) is 0 Å². The first kappa shape index (κ1) is 21.2. The number of alkyl halides is 2. The lowest BCUT2D eigenvalue weighted by Gasteiger charge is -2.20. The number of carbonyl (C=O) groups is 1. The van der Waals surface area contributed by atoms with Crippen LogP contribution in [0.3, 0.4) is 0 Å². The lowest BCUT2D eigenvalue weighted by Crippen LogP contribution is -2.20. The number of primary amides is 1. The molecule has 1 aromatic heterocycles. The van der Waals surface area contributed by atoms with Crippen LogP contribution < -0.4 is 11.5 Å². The van der Waals surface area contributed by atoms with Crippen LogP contribution in [0.2, 0.25) is 0 Å². The SMILES string of the molecule is CC(C)(C)Cc1nc(N)ncc1C(N)=O.FC(F)OC1CCCCC1. The van der Waals surface area contributed by atoms with Crippen LogP contribution in [0.4, 0.5) is 14.7 Å². The standard InChI is InChI=1S/C10H16N4O.C7H12F2O/c1-10(2,3)4-7-6(8(11)15)5-13-9(12)14-7;8-7(9)10-6-4-2-1-3-5-6/h5H,4H2,1-3H3,(H2,11,15)(H2,12,13,14);6-7H,1-5H2. The second kappa shape index (κ2) is 9.60. The summed E-state index contributed by atoms with van der Waals surface area (Å²) in [5.41, 5.74) is 11.7. The molecule has 4 N–H and O–H groups in total. The third-order valence-electron chi connectivity index (χ3n) is 3.70. The Morgan fingerprint density at radius 3 is 2.40 bits per heavy atom. The van der Waals surface area contributed by atoms with E-state index < -0.39 is 12.5 Å². The van der Waals surface area contributed by atoms with E-state index in [0.29, 0.717) is 17.7 Å². The minimum absolute atomic E-state index is 0.0188. The number of hydrogen-bond acceptors (Lipinski definition) is 5. The molecule has 25 heavy (non-hydrogen) atoms. The Bertz CT molecular complexity index is 556. The molecule has 0 bridgehead atoms. The second-order valence-corrected chi connectivity index (χ2v) is 7.35. The van der Waals surface area contributed by atoms with Gasteiger partial charge in [0.1, 0.15) is 0 Å². The molecule has 0 aliphatic heterocycles. The fraction of sp³-hybridized carbons (Fsp3) is 0.706. The number of nitrogens with zero attached hydrogens (tertiary/aromatic N) is 2. The van der Waals surface area contributed by atoms with Crippen molar-refractivity contribution in [2.45, 2.75) is 72.0 Å². The van der Waals surface area contributed by atoms with Gasteiger partial charge in [-0.15, -0.1) is 0 Å². The molecule has 1 heterocycles. The number of aromatic nitrogens is 2. The quantitative estimate of drug-likeness (QED) is 0.859. The number of rotatable bonds is 4. The molecular formula is C17H28F2N4O2. The number of carbonyl (C=O) groups excluding carboxylic acids is 1. The third-order valence-corrected chi connectivity index (χ3v) is 3.70. The molecule has 0 atom stereocenters. The van der Waals surface area contributed by atoms with E-state index in [9.17, 15) is 13.6 Å². The number of amides is 1. The van der Waals surface area contributed by atoms with Crippen LogP contribution in [0.5, 0.6) is 0 Å². The fourth-order valence-electron chi connectivity index (χ4n) is 2.62. The average molecular weight is 358 g/mol. The zero-order valence-corrected chi connectivity index (χ0v) is 15.1. The molecule has 8 heteroatoms. The van der Waals surface area contributed by atoms with Gasteiger partial charge in [-0.2, -0.15) is 8.78 Å². The third kappa shape index (κ3) is 8.72. The highest BCUT2D eigenvalue weighted by Gasteiger charge is 2.18. The molecule has 142 valence electrons. The lowest BCUT2D eigenvalue weighted by atomic mass is 9.89. The predicted molar refractivity (Wildman–Crippen MR) is 92.1 cm³/mol. The molecule has 1 aliphatic rings. The van der Waals surface area contributed by atoms with E-state index in [-0.39, 0.29) is 17.5 Å². The van der Waals surface area contributed by atoms with E-state index in [0.717, 1.165) is 25.7 Å². The number of nitrogens with two attached hydrogens (primary N) is 2. The van der Waals surface area contributed by atoms with Crippen LogP contribution in [0.25, 0.3) is 0 Å². The average Bonchev–Trinajstić information content (AvgIpc) is 2.46. The van der Waals surface area contributed by atoms with Crippen LogP contribution in [0, 0.1) is 5.41 Å². The van der Waals surface area contributed by atoms with Crippen molar-refractivity contribution in [3.63, 3.8) is 0 Å². The van der Waals surface area contributed by atoms with E-state index in [1.165, 1.54) is 12.6 Å². The van der Waals surface area contributed by atoms with Gasteiger partial charge >= 0.3 is 6.61 Å². The summed E-state index contributed by atoms with van der Waals surface area (Å²) in [6, 6.07) is 0.